The lowest BCUT2D eigenvalue weighted by molar-refractivity contribution is -1.02. The van der Waals surface area contributed by atoms with E-state index in [1.54, 1.807) is 11.1 Å². The van der Waals surface area contributed by atoms with Crippen molar-refractivity contribution in [2.45, 2.75) is 20.0 Å². The Morgan fingerprint density at radius 3 is 2.46 bits per heavy atom. The van der Waals surface area contributed by atoms with Crippen molar-refractivity contribution in [1.29, 1.82) is 0 Å². The topological polar surface area (TPSA) is 55.3 Å². The van der Waals surface area contributed by atoms with Crippen LogP contribution < -0.4 is 15.2 Å². The zero-order chi connectivity index (χ0) is 24.2. The van der Waals surface area contributed by atoms with Crippen molar-refractivity contribution in [3.63, 3.8) is 0 Å². The first kappa shape index (κ1) is 23.5. The van der Waals surface area contributed by atoms with Crippen molar-refractivity contribution in [3.05, 3.63) is 82.9 Å². The highest BCUT2D eigenvalue weighted by Gasteiger charge is 2.24. The van der Waals surface area contributed by atoms with E-state index in [2.05, 4.69) is 76.6 Å². The SMILES string of the molecule is CCn1c2ccccc2c2cc(/C=N\NC(=O)C[NH+]3CC[NH+](Cc4ccc(Cl)cc4)CC3)ccc21. The molecule has 180 valence electrons. The standard InChI is InChI=1S/C28H30ClN5O/c1-2-34-26-6-4-3-5-24(26)25-17-22(9-12-27(25)34)18-30-31-28(35)20-33-15-13-32(14-16-33)19-21-7-10-23(29)11-8-21/h3-12,17-18H,2,13-16,19-20H2,1H3,(H,31,35)/p+2/b30-18-. The number of para-hydroxylation sites is 1. The van der Waals surface area contributed by atoms with Crippen molar-refractivity contribution >= 4 is 45.5 Å². The summed E-state index contributed by atoms with van der Waals surface area (Å²) in [6, 6.07) is 22.9. The Bertz CT molecular complexity index is 1350. The summed E-state index contributed by atoms with van der Waals surface area (Å²) in [7, 11) is 0. The van der Waals surface area contributed by atoms with Crippen molar-refractivity contribution in [3.8, 4) is 0 Å². The number of hydrogen-bond acceptors (Lipinski definition) is 2. The number of carbonyl (C=O) groups is 1. The van der Waals surface area contributed by atoms with E-state index in [0.29, 0.717) is 6.54 Å². The number of piperazine rings is 1. The van der Waals surface area contributed by atoms with Crippen LogP contribution in [-0.4, -0.2) is 49.4 Å². The maximum atomic E-state index is 12.5. The molecule has 1 aromatic heterocycles. The van der Waals surface area contributed by atoms with E-state index < -0.39 is 0 Å². The van der Waals surface area contributed by atoms with Crippen LogP contribution in [0.25, 0.3) is 21.8 Å². The smallest absolute Gasteiger partial charge is 0.295 e. The van der Waals surface area contributed by atoms with E-state index in [1.807, 2.05) is 12.1 Å². The highest BCUT2D eigenvalue weighted by atomic mass is 35.5. The van der Waals surface area contributed by atoms with Crippen molar-refractivity contribution in [2.24, 2.45) is 5.10 Å². The number of aromatic nitrogens is 1. The third-order valence-corrected chi connectivity index (χ3v) is 7.21. The molecule has 0 radical (unpaired) electrons. The lowest BCUT2D eigenvalue weighted by atomic mass is 10.1. The zero-order valence-corrected chi connectivity index (χ0v) is 20.8. The Balaban J connectivity index is 1.14. The van der Waals surface area contributed by atoms with Crippen LogP contribution in [0, 0.1) is 0 Å². The van der Waals surface area contributed by atoms with E-state index in [0.717, 1.165) is 49.9 Å². The highest BCUT2D eigenvalue weighted by molar-refractivity contribution is 6.30. The van der Waals surface area contributed by atoms with Crippen LogP contribution >= 0.6 is 11.6 Å². The molecule has 3 N–H and O–H groups in total. The molecule has 4 aromatic rings. The summed E-state index contributed by atoms with van der Waals surface area (Å²) >= 11 is 5.98. The molecular weight excluding hydrogens is 458 g/mol. The number of hydrazone groups is 1. The lowest BCUT2D eigenvalue weighted by Gasteiger charge is -2.29. The number of nitrogens with zero attached hydrogens (tertiary/aromatic N) is 2. The number of rotatable bonds is 7. The molecule has 0 saturated carbocycles. The van der Waals surface area contributed by atoms with Crippen molar-refractivity contribution in [1.82, 2.24) is 9.99 Å². The highest BCUT2D eigenvalue weighted by Crippen LogP contribution is 2.29. The average molecular weight is 490 g/mol. The number of quaternary nitrogens is 2. The van der Waals surface area contributed by atoms with Gasteiger partial charge in [-0.05, 0) is 42.8 Å². The third-order valence-electron chi connectivity index (χ3n) is 6.96. The molecule has 35 heavy (non-hydrogen) atoms. The molecule has 3 aromatic carbocycles. The normalized spacial score (nSPS) is 18.5. The fourth-order valence-electron chi connectivity index (χ4n) is 5.14. The van der Waals surface area contributed by atoms with Gasteiger partial charge < -0.3 is 14.4 Å². The first-order valence-corrected chi connectivity index (χ1v) is 12.7. The summed E-state index contributed by atoms with van der Waals surface area (Å²) in [5.41, 5.74) is 7.46. The Morgan fingerprint density at radius 1 is 0.971 bits per heavy atom. The van der Waals surface area contributed by atoms with E-state index in [9.17, 15) is 4.79 Å². The van der Waals surface area contributed by atoms with Gasteiger partial charge in [-0.15, -0.1) is 0 Å². The predicted molar refractivity (Wildman–Crippen MR) is 142 cm³/mol. The fraction of sp³-hybridized carbons (Fsp3) is 0.286. The summed E-state index contributed by atoms with van der Waals surface area (Å²) in [4.78, 5) is 15.3. The Hall–Kier alpha value is -3.19. The summed E-state index contributed by atoms with van der Waals surface area (Å²) in [6.45, 7) is 8.62. The summed E-state index contributed by atoms with van der Waals surface area (Å²) in [6.07, 6.45) is 1.74. The minimum absolute atomic E-state index is 0.0407. The van der Waals surface area contributed by atoms with Gasteiger partial charge >= 0.3 is 0 Å². The van der Waals surface area contributed by atoms with Gasteiger partial charge in [0.1, 0.15) is 32.7 Å². The van der Waals surface area contributed by atoms with Gasteiger partial charge in [-0.25, -0.2) is 5.43 Å². The molecule has 0 spiro atoms. The second kappa shape index (κ2) is 10.6. The molecule has 5 rings (SSSR count). The molecular formula is C28H32ClN5O+2. The lowest BCUT2D eigenvalue weighted by Crippen LogP contribution is -3.28. The third kappa shape index (κ3) is 5.40. The second-order valence-corrected chi connectivity index (χ2v) is 9.75. The fourth-order valence-corrected chi connectivity index (χ4v) is 5.27. The quantitative estimate of drug-likeness (QED) is 0.269. The van der Waals surface area contributed by atoms with Crippen LogP contribution in [0.4, 0.5) is 0 Å². The molecule has 7 heteroatoms. The van der Waals surface area contributed by atoms with E-state index in [-0.39, 0.29) is 5.91 Å². The van der Waals surface area contributed by atoms with Gasteiger partial charge in [-0.2, -0.15) is 5.10 Å². The number of benzene rings is 3. The summed E-state index contributed by atoms with van der Waals surface area (Å²) < 4.78 is 2.33. The zero-order valence-electron chi connectivity index (χ0n) is 20.1. The minimum Gasteiger partial charge on any atom is -0.341 e. The minimum atomic E-state index is -0.0407. The first-order valence-electron chi connectivity index (χ1n) is 12.3. The van der Waals surface area contributed by atoms with Crippen molar-refractivity contribution < 1.29 is 14.6 Å². The van der Waals surface area contributed by atoms with E-state index in [1.165, 1.54) is 32.3 Å². The number of amides is 1. The molecule has 0 unspecified atom stereocenters. The van der Waals surface area contributed by atoms with Crippen LogP contribution in [0.3, 0.4) is 0 Å². The maximum absolute atomic E-state index is 12.5. The molecule has 6 nitrogen and oxygen atoms in total. The number of fused-ring (bicyclic) bond motifs is 3. The van der Waals surface area contributed by atoms with Crippen LogP contribution in [-0.2, 0) is 17.9 Å². The van der Waals surface area contributed by atoms with E-state index >= 15 is 0 Å². The summed E-state index contributed by atoms with van der Waals surface area (Å²) in [5, 5.41) is 7.46. The van der Waals surface area contributed by atoms with Crippen LogP contribution in [0.15, 0.2) is 71.8 Å². The van der Waals surface area contributed by atoms with Gasteiger partial charge in [-0.1, -0.05) is 48.0 Å². The van der Waals surface area contributed by atoms with Gasteiger partial charge in [0.25, 0.3) is 5.91 Å². The molecule has 1 amide bonds. The maximum Gasteiger partial charge on any atom is 0.295 e. The number of aryl methyl sites for hydroxylation is 1. The van der Waals surface area contributed by atoms with Crippen molar-refractivity contribution in [2.75, 3.05) is 32.7 Å². The van der Waals surface area contributed by atoms with Crippen LogP contribution in [0.1, 0.15) is 18.1 Å². The Kier molecular flexibility index (Phi) is 7.13. The first-order chi connectivity index (χ1) is 17.1. The van der Waals surface area contributed by atoms with Crippen LogP contribution in [0.2, 0.25) is 5.02 Å². The molecule has 0 aliphatic carbocycles. The number of nitrogens with one attached hydrogen (secondary N) is 3. The molecule has 1 fully saturated rings. The average Bonchev–Trinajstić information content (AvgIpc) is 3.19. The molecule has 1 aliphatic heterocycles. The molecule has 2 heterocycles. The molecule has 0 atom stereocenters. The monoisotopic (exact) mass is 489 g/mol. The van der Waals surface area contributed by atoms with Gasteiger partial charge in [-0.3, -0.25) is 4.79 Å². The molecule has 0 bridgehead atoms. The number of hydrogen-bond donors (Lipinski definition) is 3. The predicted octanol–water partition coefficient (Wildman–Crippen LogP) is 1.90. The van der Waals surface area contributed by atoms with Gasteiger partial charge in [0.05, 0.1) is 6.21 Å². The summed E-state index contributed by atoms with van der Waals surface area (Å²) in [5.74, 6) is -0.0407. The Morgan fingerprint density at radius 2 is 1.69 bits per heavy atom. The van der Waals surface area contributed by atoms with Gasteiger partial charge in [0, 0.05) is 38.9 Å². The number of halogens is 1. The molecule has 1 aliphatic rings. The van der Waals surface area contributed by atoms with Crippen LogP contribution in [0.5, 0.6) is 0 Å². The largest absolute Gasteiger partial charge is 0.341 e. The van der Waals surface area contributed by atoms with Gasteiger partial charge in [0.15, 0.2) is 6.54 Å². The molecule has 1 saturated heterocycles. The second-order valence-electron chi connectivity index (χ2n) is 9.31. The number of carbonyl (C=O) groups excluding carboxylic acids is 1. The Labute approximate surface area is 210 Å². The van der Waals surface area contributed by atoms with Gasteiger partial charge in [0.2, 0.25) is 0 Å². The van der Waals surface area contributed by atoms with E-state index in [4.69, 9.17) is 11.6 Å².